The first kappa shape index (κ1) is 33.4. The van der Waals surface area contributed by atoms with Crippen molar-refractivity contribution in [1.82, 2.24) is 9.55 Å². The Labute approximate surface area is 267 Å². The zero-order valence-electron chi connectivity index (χ0n) is 25.6. The van der Waals surface area contributed by atoms with Crippen molar-refractivity contribution < 1.29 is 38.5 Å². The Morgan fingerprint density at radius 2 is 1.37 bits per heavy atom. The Morgan fingerprint density at radius 3 is 1.89 bits per heavy atom. The zero-order chi connectivity index (χ0) is 32.1. The Bertz CT molecular complexity index is 1460. The van der Waals surface area contributed by atoms with E-state index < -0.39 is 41.7 Å². The van der Waals surface area contributed by atoms with E-state index in [0.29, 0.717) is 13.2 Å². The van der Waals surface area contributed by atoms with Crippen LogP contribution in [0, 0.1) is 10.1 Å². The topological polar surface area (TPSA) is 137 Å². The van der Waals surface area contributed by atoms with E-state index in [0.717, 1.165) is 16.7 Å². The summed E-state index contributed by atoms with van der Waals surface area (Å²) in [4.78, 5) is 14.3. The molecule has 0 saturated carbocycles. The highest BCUT2D eigenvalue weighted by atomic mass is 16.7. The molecule has 5 rings (SSSR count). The van der Waals surface area contributed by atoms with Gasteiger partial charge in [0.1, 0.15) is 42.9 Å². The molecular formula is C34H39N3O9. The molecule has 0 bridgehead atoms. The standard InChI is InChI=1S/C34H39N3O9/c1-41-33-32(45-22-27-15-9-4-10-16-27)31(44-21-26-13-7-3-8-14-26)30(43-20-25-11-5-2-6-12-25)29(46-33)24-42-23-28(38)19-36-18-17-35-34(36)37(39)40/h2-18,28-33,38H,19-24H2,1H3/t28?,29-,30-,31+,32-,33+/m1/s1. The fraction of sp³-hybridized carbons (Fsp3) is 0.382. The maximum atomic E-state index is 11.2. The number of methoxy groups -OCH3 is 1. The molecule has 3 aromatic carbocycles. The molecule has 244 valence electrons. The van der Waals surface area contributed by atoms with Gasteiger partial charge in [-0.25, -0.2) is 4.57 Å². The van der Waals surface area contributed by atoms with Gasteiger partial charge in [-0.05, 0) is 21.6 Å². The van der Waals surface area contributed by atoms with Crippen molar-refractivity contribution in [2.24, 2.45) is 0 Å². The molecule has 1 N–H and O–H groups in total. The van der Waals surface area contributed by atoms with Gasteiger partial charge in [-0.3, -0.25) is 0 Å². The predicted octanol–water partition coefficient (Wildman–Crippen LogP) is 4.30. The molecule has 0 spiro atoms. The van der Waals surface area contributed by atoms with Gasteiger partial charge < -0.3 is 43.6 Å². The lowest BCUT2D eigenvalue weighted by molar-refractivity contribution is -0.397. The van der Waals surface area contributed by atoms with Crippen LogP contribution in [0.1, 0.15) is 16.7 Å². The number of aliphatic hydroxyl groups excluding tert-OH is 1. The van der Waals surface area contributed by atoms with Crippen LogP contribution in [0.3, 0.4) is 0 Å². The van der Waals surface area contributed by atoms with Crippen LogP contribution in [-0.4, -0.2) is 76.7 Å². The zero-order valence-corrected chi connectivity index (χ0v) is 25.6. The number of ether oxygens (including phenoxy) is 6. The first-order chi connectivity index (χ1) is 22.5. The van der Waals surface area contributed by atoms with E-state index >= 15 is 0 Å². The number of aliphatic hydroxyl groups is 1. The van der Waals surface area contributed by atoms with Gasteiger partial charge in [0.05, 0.1) is 39.6 Å². The van der Waals surface area contributed by atoms with Gasteiger partial charge in [0, 0.05) is 7.11 Å². The minimum atomic E-state index is -1.04. The first-order valence-corrected chi connectivity index (χ1v) is 15.1. The number of nitrogens with zero attached hydrogens (tertiary/aromatic N) is 3. The van der Waals surface area contributed by atoms with Crippen LogP contribution in [0.25, 0.3) is 0 Å². The van der Waals surface area contributed by atoms with Gasteiger partial charge in [-0.2, -0.15) is 0 Å². The SMILES string of the molecule is CO[C@H]1O[C@H](COCC(O)Cn2ccnc2[N+](=O)[O-])[C@@H](OCc2ccccc2)[C@H](OCc2ccccc2)[C@H]1OCc1ccccc1. The van der Waals surface area contributed by atoms with Crippen molar-refractivity contribution in [2.45, 2.75) is 63.2 Å². The molecule has 0 radical (unpaired) electrons. The van der Waals surface area contributed by atoms with Crippen molar-refractivity contribution in [3.63, 3.8) is 0 Å². The molecule has 1 aromatic heterocycles. The van der Waals surface area contributed by atoms with Gasteiger partial charge in [0.2, 0.25) is 0 Å². The number of hydrogen-bond acceptors (Lipinski definition) is 10. The lowest BCUT2D eigenvalue weighted by Crippen LogP contribution is -2.61. The fourth-order valence-corrected chi connectivity index (χ4v) is 5.29. The molecule has 6 atom stereocenters. The molecular weight excluding hydrogens is 594 g/mol. The molecule has 1 saturated heterocycles. The van der Waals surface area contributed by atoms with E-state index in [2.05, 4.69) is 4.98 Å². The fourth-order valence-electron chi connectivity index (χ4n) is 5.29. The molecule has 1 fully saturated rings. The first-order valence-electron chi connectivity index (χ1n) is 15.1. The summed E-state index contributed by atoms with van der Waals surface area (Å²) in [6.45, 7) is 0.745. The molecule has 12 heteroatoms. The van der Waals surface area contributed by atoms with E-state index in [-0.39, 0.29) is 32.3 Å². The number of benzene rings is 3. The van der Waals surface area contributed by atoms with Crippen molar-refractivity contribution in [3.05, 3.63) is 130 Å². The van der Waals surface area contributed by atoms with E-state index in [1.54, 1.807) is 7.11 Å². The van der Waals surface area contributed by atoms with Gasteiger partial charge >= 0.3 is 5.95 Å². The molecule has 1 aliphatic heterocycles. The highest BCUT2D eigenvalue weighted by molar-refractivity contribution is 5.16. The largest absolute Gasteiger partial charge is 0.434 e. The Kier molecular flexibility index (Phi) is 12.4. The molecule has 1 unspecified atom stereocenters. The third-order valence-electron chi connectivity index (χ3n) is 7.54. The summed E-state index contributed by atoms with van der Waals surface area (Å²) in [6, 6.07) is 29.4. The van der Waals surface area contributed by atoms with Crippen LogP contribution in [0.5, 0.6) is 0 Å². The molecule has 1 aliphatic rings. The van der Waals surface area contributed by atoms with Crippen LogP contribution in [0.4, 0.5) is 5.95 Å². The van der Waals surface area contributed by atoms with Gasteiger partial charge in [-0.15, -0.1) is 0 Å². The summed E-state index contributed by atoms with van der Waals surface area (Å²) in [5.41, 5.74) is 2.94. The Hall–Kier alpha value is -4.01. The number of rotatable bonds is 17. The van der Waals surface area contributed by atoms with Crippen LogP contribution < -0.4 is 0 Å². The minimum absolute atomic E-state index is 0.0268. The average molecular weight is 634 g/mol. The molecule has 0 aliphatic carbocycles. The number of nitro groups is 1. The van der Waals surface area contributed by atoms with Gasteiger partial charge in [0.25, 0.3) is 0 Å². The van der Waals surface area contributed by atoms with Crippen LogP contribution in [0.15, 0.2) is 103 Å². The molecule has 12 nitrogen and oxygen atoms in total. The van der Waals surface area contributed by atoms with Crippen LogP contribution in [-0.2, 0) is 54.8 Å². The van der Waals surface area contributed by atoms with E-state index in [1.807, 2.05) is 91.0 Å². The lowest BCUT2D eigenvalue weighted by atomic mass is 9.97. The summed E-state index contributed by atoms with van der Waals surface area (Å²) in [5.74, 6) is -0.355. The van der Waals surface area contributed by atoms with E-state index in [1.165, 1.54) is 17.0 Å². The van der Waals surface area contributed by atoms with Crippen LogP contribution in [0.2, 0.25) is 0 Å². The molecule has 4 aromatic rings. The maximum Gasteiger partial charge on any atom is 0.434 e. The summed E-state index contributed by atoms with van der Waals surface area (Å²) >= 11 is 0. The average Bonchev–Trinajstić information content (AvgIpc) is 3.55. The second kappa shape index (κ2) is 17.1. The smallest absolute Gasteiger partial charge is 0.390 e. The van der Waals surface area contributed by atoms with Gasteiger partial charge in [-0.1, -0.05) is 96.0 Å². The highest BCUT2D eigenvalue weighted by Gasteiger charge is 2.48. The summed E-state index contributed by atoms with van der Waals surface area (Å²) in [5, 5.41) is 21.8. The quantitative estimate of drug-likeness (QED) is 0.132. The monoisotopic (exact) mass is 633 g/mol. The van der Waals surface area contributed by atoms with E-state index in [4.69, 9.17) is 28.4 Å². The van der Waals surface area contributed by atoms with E-state index in [9.17, 15) is 15.2 Å². The van der Waals surface area contributed by atoms with Crippen LogP contribution >= 0.6 is 0 Å². The molecule has 0 amide bonds. The second-order valence-corrected chi connectivity index (χ2v) is 10.9. The Morgan fingerprint density at radius 1 is 0.848 bits per heavy atom. The number of imidazole rings is 1. The molecule has 2 heterocycles. The molecule has 46 heavy (non-hydrogen) atoms. The van der Waals surface area contributed by atoms with Gasteiger partial charge in [0.15, 0.2) is 6.29 Å². The maximum absolute atomic E-state index is 11.2. The predicted molar refractivity (Wildman–Crippen MR) is 166 cm³/mol. The summed E-state index contributed by atoms with van der Waals surface area (Å²) < 4.78 is 38.9. The number of hydrogen-bond donors (Lipinski definition) is 1. The van der Waals surface area contributed by atoms with Crippen molar-refractivity contribution in [2.75, 3.05) is 20.3 Å². The van der Waals surface area contributed by atoms with Crippen molar-refractivity contribution in [1.29, 1.82) is 0 Å². The Balaban J connectivity index is 1.34. The third kappa shape index (κ3) is 9.27. The highest BCUT2D eigenvalue weighted by Crippen LogP contribution is 2.31. The summed E-state index contributed by atoms with van der Waals surface area (Å²) in [6.07, 6.45) is -1.70. The normalized spacial score (nSPS) is 22.0. The van der Waals surface area contributed by atoms with Crippen molar-refractivity contribution in [3.8, 4) is 0 Å². The number of aromatic nitrogens is 2. The van der Waals surface area contributed by atoms with Crippen molar-refractivity contribution >= 4 is 5.95 Å². The lowest BCUT2D eigenvalue weighted by Gasteiger charge is -2.45. The second-order valence-electron chi connectivity index (χ2n) is 10.9. The third-order valence-corrected chi connectivity index (χ3v) is 7.54. The summed E-state index contributed by atoms with van der Waals surface area (Å²) in [7, 11) is 1.54. The minimum Gasteiger partial charge on any atom is -0.390 e.